The summed E-state index contributed by atoms with van der Waals surface area (Å²) in [5.74, 6) is 2.34. The van der Waals surface area contributed by atoms with E-state index in [1.54, 1.807) is 6.33 Å². The molecule has 1 aromatic carbocycles. The molecule has 4 heterocycles. The van der Waals surface area contributed by atoms with Crippen LogP contribution in [0, 0.1) is 6.92 Å². The number of furan rings is 2. The van der Waals surface area contributed by atoms with Crippen LogP contribution < -0.4 is 0 Å². The standard InChI is InChI=1S/C21H21N3O3/c1-13-16-4-2-3-5-18(16)27-21(13)20-19-17(22-12-23-19)8-9-24(20)10-14-6-7-15(11-25)26-14/h2-7,12,20,25H,8-11H2,1H3,(H,22,23). The van der Waals surface area contributed by atoms with E-state index in [0.29, 0.717) is 12.3 Å². The van der Waals surface area contributed by atoms with E-state index < -0.39 is 0 Å². The highest BCUT2D eigenvalue weighted by Gasteiger charge is 2.35. The average molecular weight is 363 g/mol. The van der Waals surface area contributed by atoms with Gasteiger partial charge in [-0.25, -0.2) is 4.98 Å². The van der Waals surface area contributed by atoms with Crippen LogP contribution in [0.25, 0.3) is 11.0 Å². The Morgan fingerprint density at radius 2 is 2.04 bits per heavy atom. The number of hydrogen-bond donors (Lipinski definition) is 2. The molecule has 3 aromatic heterocycles. The van der Waals surface area contributed by atoms with Gasteiger partial charge in [-0.1, -0.05) is 18.2 Å². The largest absolute Gasteiger partial charge is 0.462 e. The lowest BCUT2D eigenvalue weighted by atomic mass is 9.97. The van der Waals surface area contributed by atoms with Gasteiger partial charge in [0.25, 0.3) is 0 Å². The van der Waals surface area contributed by atoms with Crippen LogP contribution in [0.5, 0.6) is 0 Å². The molecule has 0 saturated carbocycles. The topological polar surface area (TPSA) is 78.4 Å². The number of benzene rings is 1. The predicted octanol–water partition coefficient (Wildman–Crippen LogP) is 3.70. The Bertz CT molecular complexity index is 1090. The first-order chi connectivity index (χ1) is 13.2. The fraction of sp³-hybridized carbons (Fsp3) is 0.286. The molecule has 0 aliphatic carbocycles. The Kier molecular flexibility index (Phi) is 3.88. The quantitative estimate of drug-likeness (QED) is 0.578. The zero-order valence-corrected chi connectivity index (χ0v) is 15.1. The summed E-state index contributed by atoms with van der Waals surface area (Å²) in [4.78, 5) is 10.2. The number of fused-ring (bicyclic) bond motifs is 2. The second kappa shape index (κ2) is 6.40. The van der Waals surface area contributed by atoms with Gasteiger partial charge >= 0.3 is 0 Å². The fourth-order valence-electron chi connectivity index (χ4n) is 4.03. The van der Waals surface area contributed by atoms with E-state index in [4.69, 9.17) is 8.83 Å². The molecule has 0 bridgehead atoms. The molecule has 0 amide bonds. The number of para-hydroxylation sites is 1. The predicted molar refractivity (Wildman–Crippen MR) is 100 cm³/mol. The molecule has 138 valence electrons. The summed E-state index contributed by atoms with van der Waals surface area (Å²) in [5, 5.41) is 10.4. The van der Waals surface area contributed by atoms with E-state index >= 15 is 0 Å². The van der Waals surface area contributed by atoms with Gasteiger partial charge in [-0.05, 0) is 25.1 Å². The van der Waals surface area contributed by atoms with Gasteiger partial charge in [0.15, 0.2) is 0 Å². The molecule has 0 saturated heterocycles. The van der Waals surface area contributed by atoms with Gasteiger partial charge in [-0.15, -0.1) is 0 Å². The molecule has 1 aliphatic heterocycles. The molecule has 2 N–H and O–H groups in total. The minimum atomic E-state index is -0.0877. The van der Waals surface area contributed by atoms with Gasteiger partial charge in [0.05, 0.1) is 18.6 Å². The van der Waals surface area contributed by atoms with Crippen molar-refractivity contribution in [2.45, 2.75) is 32.5 Å². The lowest BCUT2D eigenvalue weighted by Crippen LogP contribution is -2.35. The molecule has 5 rings (SSSR count). The Labute approximate surface area is 156 Å². The van der Waals surface area contributed by atoms with Gasteiger partial charge in [0.1, 0.15) is 35.5 Å². The summed E-state index contributed by atoms with van der Waals surface area (Å²) in [6.45, 7) is 3.52. The Balaban J connectivity index is 1.59. The maximum Gasteiger partial charge on any atom is 0.134 e. The third-order valence-corrected chi connectivity index (χ3v) is 5.39. The number of hydrogen-bond acceptors (Lipinski definition) is 5. The molecule has 6 heteroatoms. The summed E-state index contributed by atoms with van der Waals surface area (Å²) >= 11 is 0. The van der Waals surface area contributed by atoms with Crippen molar-refractivity contribution < 1.29 is 13.9 Å². The minimum absolute atomic E-state index is 0.0740. The second-order valence-electron chi connectivity index (χ2n) is 7.00. The molecular weight excluding hydrogens is 342 g/mol. The first-order valence-corrected chi connectivity index (χ1v) is 9.17. The van der Waals surface area contributed by atoms with Crippen LogP contribution in [0.15, 0.2) is 51.6 Å². The van der Waals surface area contributed by atoms with Crippen LogP contribution in [0.2, 0.25) is 0 Å². The minimum Gasteiger partial charge on any atom is -0.462 e. The van der Waals surface area contributed by atoms with Gasteiger partial charge < -0.3 is 18.9 Å². The Morgan fingerprint density at radius 3 is 2.85 bits per heavy atom. The SMILES string of the molecule is Cc1c(C2c3nc[nH]c3CCN2Cc2ccc(CO)o2)oc2ccccc12. The van der Waals surface area contributed by atoms with Crippen LogP contribution in [-0.4, -0.2) is 26.5 Å². The van der Waals surface area contributed by atoms with E-state index in [9.17, 15) is 5.11 Å². The molecule has 0 radical (unpaired) electrons. The molecule has 0 spiro atoms. The van der Waals surface area contributed by atoms with E-state index in [0.717, 1.165) is 52.4 Å². The zero-order chi connectivity index (χ0) is 18.4. The van der Waals surface area contributed by atoms with Gasteiger partial charge in [-0.3, -0.25) is 4.90 Å². The monoisotopic (exact) mass is 363 g/mol. The molecular formula is C21H21N3O3. The van der Waals surface area contributed by atoms with Crippen molar-refractivity contribution in [3.8, 4) is 0 Å². The molecule has 4 aromatic rings. The lowest BCUT2D eigenvalue weighted by Gasteiger charge is -2.33. The van der Waals surface area contributed by atoms with Crippen molar-refractivity contribution in [2.75, 3.05) is 6.54 Å². The number of nitrogens with zero attached hydrogens (tertiary/aromatic N) is 2. The van der Waals surface area contributed by atoms with Crippen molar-refractivity contribution in [3.05, 3.63) is 77.0 Å². The van der Waals surface area contributed by atoms with Crippen molar-refractivity contribution >= 4 is 11.0 Å². The number of aryl methyl sites for hydroxylation is 1. The molecule has 6 nitrogen and oxygen atoms in total. The molecule has 1 aliphatic rings. The summed E-state index contributed by atoms with van der Waals surface area (Å²) in [6, 6.07) is 11.8. The highest BCUT2D eigenvalue weighted by molar-refractivity contribution is 5.82. The number of imidazole rings is 1. The van der Waals surface area contributed by atoms with Gasteiger partial charge in [0.2, 0.25) is 0 Å². The number of rotatable bonds is 4. The smallest absolute Gasteiger partial charge is 0.134 e. The van der Waals surface area contributed by atoms with Crippen molar-refractivity contribution in [1.29, 1.82) is 0 Å². The van der Waals surface area contributed by atoms with Crippen molar-refractivity contribution in [1.82, 2.24) is 14.9 Å². The average Bonchev–Trinajstić information content (AvgIpc) is 3.41. The highest BCUT2D eigenvalue weighted by atomic mass is 16.4. The van der Waals surface area contributed by atoms with E-state index in [2.05, 4.69) is 27.9 Å². The highest BCUT2D eigenvalue weighted by Crippen LogP contribution is 2.39. The third-order valence-electron chi connectivity index (χ3n) is 5.39. The first-order valence-electron chi connectivity index (χ1n) is 9.17. The summed E-state index contributed by atoms with van der Waals surface area (Å²) < 4.78 is 12.0. The fourth-order valence-corrected chi connectivity index (χ4v) is 4.03. The van der Waals surface area contributed by atoms with Crippen LogP contribution in [0.1, 0.15) is 40.3 Å². The number of aliphatic hydroxyl groups is 1. The molecule has 1 atom stereocenters. The normalized spacial score (nSPS) is 17.5. The Hall–Kier alpha value is -2.83. The van der Waals surface area contributed by atoms with Crippen molar-refractivity contribution in [2.24, 2.45) is 0 Å². The number of aliphatic hydroxyl groups excluding tert-OH is 1. The number of nitrogens with one attached hydrogen (secondary N) is 1. The van der Waals surface area contributed by atoms with Crippen LogP contribution >= 0.6 is 0 Å². The van der Waals surface area contributed by atoms with E-state index in [1.165, 1.54) is 0 Å². The molecule has 27 heavy (non-hydrogen) atoms. The summed E-state index contributed by atoms with van der Waals surface area (Å²) in [5.41, 5.74) is 4.21. The van der Waals surface area contributed by atoms with Crippen LogP contribution in [0.3, 0.4) is 0 Å². The van der Waals surface area contributed by atoms with Crippen LogP contribution in [0.4, 0.5) is 0 Å². The lowest BCUT2D eigenvalue weighted by molar-refractivity contribution is 0.163. The summed E-state index contributed by atoms with van der Waals surface area (Å²) in [6.07, 6.45) is 2.66. The third kappa shape index (κ3) is 2.69. The van der Waals surface area contributed by atoms with Crippen LogP contribution in [-0.2, 0) is 19.6 Å². The van der Waals surface area contributed by atoms with E-state index in [-0.39, 0.29) is 12.6 Å². The number of aromatic nitrogens is 2. The van der Waals surface area contributed by atoms with Gasteiger partial charge in [-0.2, -0.15) is 0 Å². The molecule has 0 fully saturated rings. The van der Waals surface area contributed by atoms with E-state index in [1.807, 2.05) is 30.3 Å². The maximum absolute atomic E-state index is 9.27. The number of H-pyrrole nitrogens is 1. The zero-order valence-electron chi connectivity index (χ0n) is 15.1. The maximum atomic E-state index is 9.27. The number of aromatic amines is 1. The summed E-state index contributed by atoms with van der Waals surface area (Å²) in [7, 11) is 0. The molecule has 1 unspecified atom stereocenters. The Morgan fingerprint density at radius 1 is 1.19 bits per heavy atom. The van der Waals surface area contributed by atoms with Gasteiger partial charge in [0, 0.05) is 29.6 Å². The first kappa shape index (κ1) is 16.4. The second-order valence-corrected chi connectivity index (χ2v) is 7.00. The van der Waals surface area contributed by atoms with Crippen molar-refractivity contribution in [3.63, 3.8) is 0 Å².